The molecule has 0 spiro atoms. The third-order valence-corrected chi connectivity index (χ3v) is 2.67. The molecular formula is C12H12ClNO2. The SMILES string of the molecule is CCc1cc(Cl)c(C#N)cc1CC(=O)OC. The van der Waals surface area contributed by atoms with Crippen molar-refractivity contribution in [2.24, 2.45) is 0 Å². The minimum absolute atomic E-state index is 0.172. The van der Waals surface area contributed by atoms with Gasteiger partial charge >= 0.3 is 5.97 Å². The number of halogens is 1. The molecule has 0 saturated heterocycles. The van der Waals surface area contributed by atoms with Crippen molar-refractivity contribution in [3.8, 4) is 6.07 Å². The number of rotatable bonds is 3. The maximum atomic E-state index is 11.2. The predicted molar refractivity (Wildman–Crippen MR) is 61.3 cm³/mol. The van der Waals surface area contributed by atoms with E-state index in [1.165, 1.54) is 7.11 Å². The van der Waals surface area contributed by atoms with Crippen LogP contribution in [0.2, 0.25) is 5.02 Å². The third kappa shape index (κ3) is 2.74. The highest BCUT2D eigenvalue weighted by Crippen LogP contribution is 2.22. The lowest BCUT2D eigenvalue weighted by molar-refractivity contribution is -0.139. The zero-order chi connectivity index (χ0) is 12.1. The third-order valence-electron chi connectivity index (χ3n) is 2.35. The van der Waals surface area contributed by atoms with Gasteiger partial charge in [-0.05, 0) is 29.7 Å². The predicted octanol–water partition coefficient (Wildman–Crippen LogP) is 2.49. The van der Waals surface area contributed by atoms with Crippen molar-refractivity contribution in [3.63, 3.8) is 0 Å². The lowest BCUT2D eigenvalue weighted by Gasteiger charge is -2.08. The Hall–Kier alpha value is -1.53. The molecule has 1 rings (SSSR count). The normalized spacial score (nSPS) is 9.62. The summed E-state index contributed by atoms with van der Waals surface area (Å²) in [5.41, 5.74) is 2.16. The van der Waals surface area contributed by atoms with E-state index in [4.69, 9.17) is 16.9 Å². The number of methoxy groups -OCH3 is 1. The molecule has 84 valence electrons. The smallest absolute Gasteiger partial charge is 0.309 e. The summed E-state index contributed by atoms with van der Waals surface area (Å²) < 4.78 is 4.60. The van der Waals surface area contributed by atoms with Gasteiger partial charge in [-0.15, -0.1) is 0 Å². The second-order valence-corrected chi connectivity index (χ2v) is 3.73. The number of carbonyl (C=O) groups excluding carboxylic acids is 1. The lowest BCUT2D eigenvalue weighted by atomic mass is 10.00. The van der Waals surface area contributed by atoms with Crippen LogP contribution < -0.4 is 0 Å². The second-order valence-electron chi connectivity index (χ2n) is 3.32. The van der Waals surface area contributed by atoms with Gasteiger partial charge in [0.05, 0.1) is 24.1 Å². The number of ether oxygens (including phenoxy) is 1. The molecule has 0 aromatic heterocycles. The fraction of sp³-hybridized carbons (Fsp3) is 0.333. The van der Waals surface area contributed by atoms with Gasteiger partial charge in [0, 0.05) is 0 Å². The van der Waals surface area contributed by atoms with Crippen LogP contribution in [0.1, 0.15) is 23.6 Å². The van der Waals surface area contributed by atoms with E-state index in [-0.39, 0.29) is 12.4 Å². The number of hydrogen-bond acceptors (Lipinski definition) is 3. The number of benzene rings is 1. The molecule has 0 heterocycles. The van der Waals surface area contributed by atoms with Crippen molar-refractivity contribution in [2.75, 3.05) is 7.11 Å². The van der Waals surface area contributed by atoms with Gasteiger partial charge in [0.1, 0.15) is 6.07 Å². The van der Waals surface area contributed by atoms with Gasteiger partial charge in [0.25, 0.3) is 0 Å². The van der Waals surface area contributed by atoms with Gasteiger partial charge in [0.15, 0.2) is 0 Å². The molecular weight excluding hydrogens is 226 g/mol. The van der Waals surface area contributed by atoms with Crippen molar-refractivity contribution in [1.29, 1.82) is 5.26 Å². The van der Waals surface area contributed by atoms with Gasteiger partial charge in [0.2, 0.25) is 0 Å². The molecule has 0 aliphatic carbocycles. The number of carbonyl (C=O) groups is 1. The molecule has 0 bridgehead atoms. The first-order valence-corrected chi connectivity index (χ1v) is 5.28. The quantitative estimate of drug-likeness (QED) is 0.759. The van der Waals surface area contributed by atoms with Gasteiger partial charge in [-0.25, -0.2) is 0 Å². The zero-order valence-corrected chi connectivity index (χ0v) is 9.97. The van der Waals surface area contributed by atoms with Crippen molar-refractivity contribution < 1.29 is 9.53 Å². The minimum atomic E-state index is -0.319. The Bertz CT molecular complexity index is 449. The number of nitriles is 1. The monoisotopic (exact) mass is 237 g/mol. The molecule has 1 aromatic rings. The Morgan fingerprint density at radius 2 is 2.19 bits per heavy atom. The fourth-order valence-corrected chi connectivity index (χ4v) is 1.69. The molecule has 0 amide bonds. The number of hydrogen-bond donors (Lipinski definition) is 0. The number of aryl methyl sites for hydroxylation is 1. The van der Waals surface area contributed by atoms with Crippen LogP contribution in [0.15, 0.2) is 12.1 Å². The fourth-order valence-electron chi connectivity index (χ4n) is 1.47. The van der Waals surface area contributed by atoms with Crippen molar-refractivity contribution in [1.82, 2.24) is 0 Å². The molecule has 0 N–H and O–H groups in total. The number of esters is 1. The average Bonchev–Trinajstić information content (AvgIpc) is 2.30. The maximum Gasteiger partial charge on any atom is 0.309 e. The summed E-state index contributed by atoms with van der Waals surface area (Å²) in [6.07, 6.45) is 0.934. The topological polar surface area (TPSA) is 50.1 Å². The lowest BCUT2D eigenvalue weighted by Crippen LogP contribution is -2.07. The van der Waals surface area contributed by atoms with Crippen LogP contribution in [-0.4, -0.2) is 13.1 Å². The molecule has 16 heavy (non-hydrogen) atoms. The molecule has 1 aromatic carbocycles. The van der Waals surface area contributed by atoms with Gasteiger partial charge in [-0.2, -0.15) is 5.26 Å². The van der Waals surface area contributed by atoms with E-state index in [0.717, 1.165) is 17.5 Å². The van der Waals surface area contributed by atoms with Gasteiger partial charge < -0.3 is 4.74 Å². The van der Waals surface area contributed by atoms with Crippen molar-refractivity contribution in [2.45, 2.75) is 19.8 Å². The Morgan fingerprint density at radius 3 is 2.69 bits per heavy atom. The van der Waals surface area contributed by atoms with Crippen LogP contribution in [0.3, 0.4) is 0 Å². The first kappa shape index (κ1) is 12.5. The molecule has 0 saturated carbocycles. The highest BCUT2D eigenvalue weighted by Gasteiger charge is 2.11. The first-order valence-electron chi connectivity index (χ1n) is 4.90. The van der Waals surface area contributed by atoms with Crippen LogP contribution in [0.25, 0.3) is 0 Å². The van der Waals surface area contributed by atoms with E-state index < -0.39 is 0 Å². The van der Waals surface area contributed by atoms with E-state index in [9.17, 15) is 4.79 Å². The summed E-state index contributed by atoms with van der Waals surface area (Å²) in [7, 11) is 1.34. The van der Waals surface area contributed by atoms with E-state index in [0.29, 0.717) is 10.6 Å². The maximum absolute atomic E-state index is 11.2. The summed E-state index contributed by atoms with van der Waals surface area (Å²) in [5, 5.41) is 9.27. The van der Waals surface area contributed by atoms with E-state index in [1.54, 1.807) is 12.1 Å². The van der Waals surface area contributed by atoms with E-state index in [2.05, 4.69) is 4.74 Å². The largest absolute Gasteiger partial charge is 0.469 e. The Labute approximate surface area is 99.6 Å². The standard InChI is InChI=1S/C12H12ClNO2/c1-3-8-5-11(13)10(7-14)4-9(8)6-12(15)16-2/h4-5H,3,6H2,1-2H3. The second kappa shape index (κ2) is 5.53. The van der Waals surface area contributed by atoms with E-state index >= 15 is 0 Å². The highest BCUT2D eigenvalue weighted by molar-refractivity contribution is 6.31. The number of nitrogens with zero attached hydrogens (tertiary/aromatic N) is 1. The molecule has 0 aliphatic heterocycles. The molecule has 0 unspecified atom stereocenters. The van der Waals surface area contributed by atoms with Gasteiger partial charge in [-0.3, -0.25) is 4.79 Å². The average molecular weight is 238 g/mol. The minimum Gasteiger partial charge on any atom is -0.469 e. The summed E-state index contributed by atoms with van der Waals surface area (Å²) in [5.74, 6) is -0.319. The summed E-state index contributed by atoms with van der Waals surface area (Å²) >= 11 is 5.91. The van der Waals surface area contributed by atoms with Gasteiger partial charge in [-0.1, -0.05) is 18.5 Å². The Balaban J connectivity index is 3.15. The summed E-state index contributed by atoms with van der Waals surface area (Å²) in [6, 6.07) is 5.38. The van der Waals surface area contributed by atoms with E-state index in [1.807, 2.05) is 13.0 Å². The van der Waals surface area contributed by atoms with Crippen molar-refractivity contribution in [3.05, 3.63) is 33.8 Å². The molecule has 4 heteroatoms. The first-order chi connectivity index (χ1) is 7.62. The van der Waals surface area contributed by atoms with Crippen LogP contribution in [0.4, 0.5) is 0 Å². The molecule has 0 fully saturated rings. The van der Waals surface area contributed by atoms with Crippen LogP contribution >= 0.6 is 11.6 Å². The van der Waals surface area contributed by atoms with Crippen molar-refractivity contribution >= 4 is 17.6 Å². The Morgan fingerprint density at radius 1 is 1.50 bits per heavy atom. The molecule has 0 atom stereocenters. The summed E-state index contributed by atoms with van der Waals surface area (Å²) in [4.78, 5) is 11.2. The molecule has 3 nitrogen and oxygen atoms in total. The van der Waals surface area contributed by atoms with Crippen LogP contribution in [0.5, 0.6) is 0 Å². The van der Waals surface area contributed by atoms with Crippen LogP contribution in [-0.2, 0) is 22.4 Å². The molecule has 0 aliphatic rings. The van der Waals surface area contributed by atoms with Crippen LogP contribution in [0, 0.1) is 11.3 Å². The molecule has 0 radical (unpaired) electrons. The Kier molecular flexibility index (Phi) is 4.33. The zero-order valence-electron chi connectivity index (χ0n) is 9.21. The highest BCUT2D eigenvalue weighted by atomic mass is 35.5. The summed E-state index contributed by atoms with van der Waals surface area (Å²) in [6.45, 7) is 1.97.